The molecule has 8 aromatic carbocycles. The SMILES string of the molecule is N#Cc1ccc(-c2cc(-c3cccc4ccc(-c5ccc(-c6cc(-c7ccccc7)nc(-c7ccccc7)n6)cc5)cc34)cc3ccccc23)cc1. The van der Waals surface area contributed by atoms with Crippen LogP contribution in [0, 0.1) is 11.3 Å². The van der Waals surface area contributed by atoms with Crippen LogP contribution >= 0.6 is 0 Å². The zero-order valence-electron chi connectivity index (χ0n) is 28.2. The van der Waals surface area contributed by atoms with E-state index < -0.39 is 0 Å². The molecule has 0 aliphatic carbocycles. The Balaban J connectivity index is 1.11. The van der Waals surface area contributed by atoms with Gasteiger partial charge < -0.3 is 0 Å². The second kappa shape index (κ2) is 13.3. The molecule has 0 aliphatic heterocycles. The molecular formula is C49H31N3. The van der Waals surface area contributed by atoms with Gasteiger partial charge in [0.25, 0.3) is 0 Å². The molecule has 0 fully saturated rings. The molecular weight excluding hydrogens is 631 g/mol. The van der Waals surface area contributed by atoms with E-state index in [-0.39, 0.29) is 0 Å². The number of rotatable bonds is 6. The maximum Gasteiger partial charge on any atom is 0.160 e. The Morgan fingerprint density at radius 1 is 0.346 bits per heavy atom. The van der Waals surface area contributed by atoms with E-state index >= 15 is 0 Å². The highest BCUT2D eigenvalue weighted by Gasteiger charge is 2.13. The first kappa shape index (κ1) is 30.9. The number of hydrogen-bond donors (Lipinski definition) is 0. The standard InChI is InChI=1S/C49H31N3/c50-32-33-18-20-36(21-19-33)46-30-42(28-41-14-7-8-16-43(41)46)44-17-9-15-35-24-27-40(29-45(35)44)34-22-25-38(26-23-34)48-31-47(37-10-3-1-4-11-37)51-49(52-48)39-12-5-2-6-13-39/h1-31H. The number of nitrogens with zero attached hydrogens (tertiary/aromatic N) is 3. The Bertz CT molecular complexity index is 2710. The quantitative estimate of drug-likeness (QED) is 0.178. The molecule has 3 heteroatoms. The summed E-state index contributed by atoms with van der Waals surface area (Å²) in [4.78, 5) is 9.97. The Labute approximate surface area is 302 Å². The van der Waals surface area contributed by atoms with Crippen LogP contribution in [0.25, 0.3) is 88.8 Å². The van der Waals surface area contributed by atoms with E-state index in [4.69, 9.17) is 9.97 Å². The molecule has 0 spiro atoms. The van der Waals surface area contributed by atoms with Gasteiger partial charge in [-0.1, -0.05) is 152 Å². The molecule has 1 heterocycles. The van der Waals surface area contributed by atoms with Crippen LogP contribution in [0.1, 0.15) is 5.56 Å². The fraction of sp³-hybridized carbons (Fsp3) is 0. The van der Waals surface area contributed by atoms with E-state index in [0.29, 0.717) is 11.4 Å². The van der Waals surface area contributed by atoms with Crippen LogP contribution in [-0.2, 0) is 0 Å². The summed E-state index contributed by atoms with van der Waals surface area (Å²) in [5.74, 6) is 0.708. The lowest BCUT2D eigenvalue weighted by atomic mass is 9.90. The zero-order valence-corrected chi connectivity index (χ0v) is 28.2. The van der Waals surface area contributed by atoms with Crippen LogP contribution in [0.3, 0.4) is 0 Å². The Morgan fingerprint density at radius 2 is 0.942 bits per heavy atom. The first-order valence-electron chi connectivity index (χ1n) is 17.4. The average Bonchev–Trinajstić information content (AvgIpc) is 3.23. The molecule has 9 rings (SSSR count). The smallest absolute Gasteiger partial charge is 0.160 e. The van der Waals surface area contributed by atoms with Crippen molar-refractivity contribution in [2.75, 3.05) is 0 Å². The molecule has 0 radical (unpaired) electrons. The summed E-state index contributed by atoms with van der Waals surface area (Å²) in [5.41, 5.74) is 12.4. The van der Waals surface area contributed by atoms with Crippen LogP contribution in [0.5, 0.6) is 0 Å². The molecule has 242 valence electrons. The van der Waals surface area contributed by atoms with E-state index in [1.54, 1.807) is 0 Å². The summed E-state index contributed by atoms with van der Waals surface area (Å²) in [6, 6.07) is 67.6. The van der Waals surface area contributed by atoms with Gasteiger partial charge in [-0.05, 0) is 91.3 Å². The largest absolute Gasteiger partial charge is 0.228 e. The topological polar surface area (TPSA) is 49.6 Å². The lowest BCUT2D eigenvalue weighted by molar-refractivity contribution is 1.18. The minimum atomic E-state index is 0.657. The number of benzene rings is 8. The van der Waals surface area contributed by atoms with E-state index in [2.05, 4.69) is 133 Å². The molecule has 0 amide bonds. The highest BCUT2D eigenvalue weighted by Crippen LogP contribution is 2.38. The normalized spacial score (nSPS) is 11.1. The molecule has 0 atom stereocenters. The lowest BCUT2D eigenvalue weighted by Crippen LogP contribution is -1.95. The van der Waals surface area contributed by atoms with Gasteiger partial charge in [0.2, 0.25) is 0 Å². The average molecular weight is 662 g/mol. The summed E-state index contributed by atoms with van der Waals surface area (Å²) in [6.07, 6.45) is 0. The van der Waals surface area contributed by atoms with Crippen molar-refractivity contribution >= 4 is 21.5 Å². The first-order valence-corrected chi connectivity index (χ1v) is 17.4. The Morgan fingerprint density at radius 3 is 1.67 bits per heavy atom. The maximum absolute atomic E-state index is 9.38. The third kappa shape index (κ3) is 5.89. The Hall–Kier alpha value is -7.15. The van der Waals surface area contributed by atoms with Crippen molar-refractivity contribution < 1.29 is 0 Å². The second-order valence-corrected chi connectivity index (χ2v) is 12.9. The van der Waals surface area contributed by atoms with Crippen LogP contribution in [0.2, 0.25) is 0 Å². The molecule has 3 nitrogen and oxygen atoms in total. The van der Waals surface area contributed by atoms with Crippen molar-refractivity contribution in [3.63, 3.8) is 0 Å². The molecule has 1 aromatic heterocycles. The maximum atomic E-state index is 9.38. The van der Waals surface area contributed by atoms with Crippen molar-refractivity contribution in [2.24, 2.45) is 0 Å². The molecule has 0 bridgehead atoms. The van der Waals surface area contributed by atoms with E-state index in [9.17, 15) is 5.26 Å². The number of hydrogen-bond acceptors (Lipinski definition) is 3. The highest BCUT2D eigenvalue weighted by atomic mass is 14.9. The first-order chi connectivity index (χ1) is 25.7. The van der Waals surface area contributed by atoms with Crippen LogP contribution in [0.15, 0.2) is 188 Å². The fourth-order valence-corrected chi connectivity index (χ4v) is 7.03. The molecule has 9 aromatic rings. The van der Waals surface area contributed by atoms with Gasteiger partial charge in [0, 0.05) is 16.7 Å². The second-order valence-electron chi connectivity index (χ2n) is 12.9. The van der Waals surface area contributed by atoms with E-state index in [1.165, 1.54) is 27.1 Å². The van der Waals surface area contributed by atoms with Gasteiger partial charge in [0.1, 0.15) is 0 Å². The van der Waals surface area contributed by atoms with Gasteiger partial charge in [0.05, 0.1) is 23.0 Å². The van der Waals surface area contributed by atoms with Gasteiger partial charge in [-0.25, -0.2) is 9.97 Å². The summed E-state index contributed by atoms with van der Waals surface area (Å²) >= 11 is 0. The predicted octanol–water partition coefficient (Wildman–Crippen LogP) is 12.7. The van der Waals surface area contributed by atoms with E-state index in [1.807, 2.05) is 60.7 Å². The lowest BCUT2D eigenvalue weighted by Gasteiger charge is -2.14. The molecule has 0 aliphatic rings. The van der Waals surface area contributed by atoms with Crippen molar-refractivity contribution in [3.05, 3.63) is 194 Å². The summed E-state index contributed by atoms with van der Waals surface area (Å²) in [5, 5.41) is 14.1. The molecule has 0 unspecified atom stereocenters. The summed E-state index contributed by atoms with van der Waals surface area (Å²) < 4.78 is 0. The monoisotopic (exact) mass is 661 g/mol. The minimum Gasteiger partial charge on any atom is -0.228 e. The molecule has 0 saturated heterocycles. The third-order valence-electron chi connectivity index (χ3n) is 9.72. The molecule has 52 heavy (non-hydrogen) atoms. The van der Waals surface area contributed by atoms with Gasteiger partial charge in [-0.2, -0.15) is 5.26 Å². The molecule has 0 saturated carbocycles. The van der Waals surface area contributed by atoms with Crippen molar-refractivity contribution in [3.8, 4) is 73.4 Å². The van der Waals surface area contributed by atoms with Gasteiger partial charge in [-0.3, -0.25) is 0 Å². The Kier molecular flexibility index (Phi) is 7.89. The number of aromatic nitrogens is 2. The van der Waals surface area contributed by atoms with Crippen LogP contribution < -0.4 is 0 Å². The molecule has 0 N–H and O–H groups in total. The predicted molar refractivity (Wildman–Crippen MR) is 214 cm³/mol. The number of fused-ring (bicyclic) bond motifs is 2. The van der Waals surface area contributed by atoms with E-state index in [0.717, 1.165) is 55.9 Å². The van der Waals surface area contributed by atoms with Gasteiger partial charge >= 0.3 is 0 Å². The van der Waals surface area contributed by atoms with Crippen molar-refractivity contribution in [1.82, 2.24) is 9.97 Å². The van der Waals surface area contributed by atoms with Crippen molar-refractivity contribution in [1.29, 1.82) is 5.26 Å². The highest BCUT2D eigenvalue weighted by molar-refractivity contribution is 6.05. The van der Waals surface area contributed by atoms with Crippen molar-refractivity contribution in [2.45, 2.75) is 0 Å². The summed E-state index contributed by atoms with van der Waals surface area (Å²) in [6.45, 7) is 0. The minimum absolute atomic E-state index is 0.657. The fourth-order valence-electron chi connectivity index (χ4n) is 7.03. The zero-order chi connectivity index (χ0) is 34.9. The summed E-state index contributed by atoms with van der Waals surface area (Å²) in [7, 11) is 0. The van der Waals surface area contributed by atoms with Crippen LogP contribution in [-0.4, -0.2) is 9.97 Å². The van der Waals surface area contributed by atoms with Gasteiger partial charge in [-0.15, -0.1) is 0 Å². The van der Waals surface area contributed by atoms with Gasteiger partial charge in [0.15, 0.2) is 5.82 Å². The third-order valence-corrected chi connectivity index (χ3v) is 9.72. The number of nitriles is 1. The van der Waals surface area contributed by atoms with Crippen LogP contribution in [0.4, 0.5) is 0 Å².